The average molecular weight is 571 g/mol. The van der Waals surface area contributed by atoms with Crippen LogP contribution in [0, 0.1) is 0 Å². The quantitative estimate of drug-likeness (QED) is 0.0499. The maximum absolute atomic E-state index is 12.4. The molecule has 0 aromatic carbocycles. The largest absolute Gasteiger partial charge is 0.477 e. The van der Waals surface area contributed by atoms with Crippen LogP contribution in [0.2, 0.25) is 0 Å². The van der Waals surface area contributed by atoms with Gasteiger partial charge in [-0.1, -0.05) is 90.2 Å². The summed E-state index contributed by atoms with van der Waals surface area (Å²) >= 11 is 0. The van der Waals surface area contributed by atoms with Gasteiger partial charge in [0, 0.05) is 19.3 Å². The third kappa shape index (κ3) is 22.8. The van der Waals surface area contributed by atoms with Crippen molar-refractivity contribution in [3.8, 4) is 0 Å². The van der Waals surface area contributed by atoms with Gasteiger partial charge in [0.1, 0.15) is 6.61 Å². The van der Waals surface area contributed by atoms with Crippen molar-refractivity contribution in [1.29, 1.82) is 0 Å². The summed E-state index contributed by atoms with van der Waals surface area (Å²) in [6, 6.07) is -0.612. The third-order valence-corrected chi connectivity index (χ3v) is 6.93. The van der Waals surface area contributed by atoms with E-state index in [1.54, 1.807) is 0 Å². The van der Waals surface area contributed by atoms with Crippen molar-refractivity contribution in [2.45, 2.75) is 135 Å². The van der Waals surface area contributed by atoms with Gasteiger partial charge in [0.25, 0.3) is 0 Å². The standard InChI is InChI=1S/C32H59NO7/c1-6-8-10-12-14-16-18-20-22-30(34)39-27-28(26-38-25-24-29(32(36)37)33(3,4)5)40-31(35)23-21-19-17-15-13-11-9-7-2/h17,19,28-29H,6-16,18,20-27H2,1-5H3/p+1/b19-17+. The maximum atomic E-state index is 12.4. The topological polar surface area (TPSA) is 99.1 Å². The molecule has 8 nitrogen and oxygen atoms in total. The molecule has 0 spiro atoms. The van der Waals surface area contributed by atoms with Crippen LogP contribution in [0.3, 0.4) is 0 Å². The van der Waals surface area contributed by atoms with E-state index in [-0.39, 0.29) is 42.7 Å². The molecular weight excluding hydrogens is 510 g/mol. The van der Waals surface area contributed by atoms with Crippen LogP contribution in [-0.4, -0.2) is 80.6 Å². The van der Waals surface area contributed by atoms with Crippen LogP contribution in [0.15, 0.2) is 12.2 Å². The Bertz CT molecular complexity index is 687. The molecule has 0 saturated carbocycles. The minimum atomic E-state index is -0.882. The number of carboxylic acid groups (broad SMARTS) is 1. The number of hydrogen-bond acceptors (Lipinski definition) is 6. The Balaban J connectivity index is 4.57. The van der Waals surface area contributed by atoms with E-state index >= 15 is 0 Å². The SMILES string of the molecule is CCCCCC/C=C/CCC(=O)OC(COCCC(C(=O)O)[N+](C)(C)C)COC(=O)CCCCCCCCCC. The molecule has 234 valence electrons. The Morgan fingerprint density at radius 3 is 1.90 bits per heavy atom. The molecular formula is C32H60NO7+. The van der Waals surface area contributed by atoms with Crippen molar-refractivity contribution in [1.82, 2.24) is 0 Å². The fourth-order valence-electron chi connectivity index (χ4n) is 4.40. The lowest BCUT2D eigenvalue weighted by atomic mass is 10.1. The normalized spacial score (nSPS) is 13.3. The fraction of sp³-hybridized carbons (Fsp3) is 0.844. The second kappa shape index (κ2) is 24.8. The molecule has 0 bridgehead atoms. The fourth-order valence-corrected chi connectivity index (χ4v) is 4.40. The molecule has 1 N–H and O–H groups in total. The van der Waals surface area contributed by atoms with Gasteiger partial charge in [0.05, 0.1) is 34.4 Å². The molecule has 0 aliphatic rings. The van der Waals surface area contributed by atoms with Crippen LogP contribution in [0.1, 0.15) is 123 Å². The van der Waals surface area contributed by atoms with Gasteiger partial charge < -0.3 is 23.8 Å². The summed E-state index contributed by atoms with van der Waals surface area (Å²) in [5.74, 6) is -1.54. The van der Waals surface area contributed by atoms with Gasteiger partial charge in [-0.05, 0) is 25.7 Å². The van der Waals surface area contributed by atoms with Crippen molar-refractivity contribution < 1.29 is 38.2 Å². The lowest BCUT2D eigenvalue weighted by molar-refractivity contribution is -0.887. The number of carboxylic acids is 1. The third-order valence-electron chi connectivity index (χ3n) is 6.93. The molecule has 8 heteroatoms. The first-order valence-corrected chi connectivity index (χ1v) is 15.7. The molecule has 0 aromatic rings. The Labute approximate surface area is 244 Å². The van der Waals surface area contributed by atoms with Crippen LogP contribution in [0.5, 0.6) is 0 Å². The van der Waals surface area contributed by atoms with Gasteiger partial charge in [-0.3, -0.25) is 9.59 Å². The lowest BCUT2D eigenvalue weighted by Gasteiger charge is -2.31. The number of carbonyl (C=O) groups excluding carboxylic acids is 2. The summed E-state index contributed by atoms with van der Waals surface area (Å²) < 4.78 is 17.0. The van der Waals surface area contributed by atoms with E-state index in [1.807, 2.05) is 27.2 Å². The molecule has 40 heavy (non-hydrogen) atoms. The van der Waals surface area contributed by atoms with Crippen molar-refractivity contribution in [2.75, 3.05) is 41.0 Å². The minimum Gasteiger partial charge on any atom is -0.477 e. The van der Waals surface area contributed by atoms with Gasteiger partial charge in [0.2, 0.25) is 0 Å². The first-order valence-electron chi connectivity index (χ1n) is 15.7. The van der Waals surface area contributed by atoms with Gasteiger partial charge in [-0.25, -0.2) is 4.79 Å². The Morgan fingerprint density at radius 1 is 0.725 bits per heavy atom. The van der Waals surface area contributed by atoms with E-state index in [2.05, 4.69) is 19.9 Å². The number of carbonyl (C=O) groups is 3. The molecule has 0 aliphatic heterocycles. The lowest BCUT2D eigenvalue weighted by Crippen LogP contribution is -2.50. The van der Waals surface area contributed by atoms with E-state index in [1.165, 1.54) is 51.4 Å². The highest BCUT2D eigenvalue weighted by molar-refractivity contribution is 5.72. The van der Waals surface area contributed by atoms with E-state index in [9.17, 15) is 19.5 Å². The van der Waals surface area contributed by atoms with Gasteiger partial charge >= 0.3 is 17.9 Å². The van der Waals surface area contributed by atoms with E-state index in [4.69, 9.17) is 14.2 Å². The van der Waals surface area contributed by atoms with Gasteiger partial charge in [-0.2, -0.15) is 0 Å². The van der Waals surface area contributed by atoms with Gasteiger partial charge in [0.15, 0.2) is 12.1 Å². The van der Waals surface area contributed by atoms with Crippen LogP contribution >= 0.6 is 0 Å². The highest BCUT2D eigenvalue weighted by Crippen LogP contribution is 2.12. The van der Waals surface area contributed by atoms with Crippen molar-refractivity contribution >= 4 is 17.9 Å². The van der Waals surface area contributed by atoms with Crippen molar-refractivity contribution in [3.05, 3.63) is 12.2 Å². The van der Waals surface area contributed by atoms with Gasteiger partial charge in [-0.15, -0.1) is 0 Å². The number of quaternary nitrogens is 1. The minimum absolute atomic E-state index is 0.0491. The average Bonchev–Trinajstić information content (AvgIpc) is 2.89. The summed E-state index contributed by atoms with van der Waals surface area (Å²) in [7, 11) is 5.48. The van der Waals surface area contributed by atoms with E-state index in [0.717, 1.165) is 32.1 Å². The first-order chi connectivity index (χ1) is 19.1. The van der Waals surface area contributed by atoms with Crippen molar-refractivity contribution in [3.63, 3.8) is 0 Å². The van der Waals surface area contributed by atoms with Crippen LogP contribution in [-0.2, 0) is 28.6 Å². The Morgan fingerprint density at radius 2 is 1.30 bits per heavy atom. The molecule has 0 aliphatic carbocycles. The number of aliphatic carboxylic acids is 1. The number of likely N-dealkylation sites (N-methyl/N-ethyl adjacent to an activating group) is 1. The summed E-state index contributed by atoms with van der Waals surface area (Å²) in [6.45, 7) is 4.59. The summed E-state index contributed by atoms with van der Waals surface area (Å²) in [4.78, 5) is 36.3. The molecule has 0 saturated heterocycles. The maximum Gasteiger partial charge on any atom is 0.362 e. The number of nitrogens with zero attached hydrogens (tertiary/aromatic N) is 1. The second-order valence-electron chi connectivity index (χ2n) is 11.7. The molecule has 0 rings (SSSR count). The van der Waals surface area contributed by atoms with E-state index < -0.39 is 18.1 Å². The zero-order valence-electron chi connectivity index (χ0n) is 26.3. The highest BCUT2D eigenvalue weighted by Gasteiger charge is 2.31. The summed E-state index contributed by atoms with van der Waals surface area (Å²) in [5, 5.41) is 9.51. The molecule has 0 radical (unpaired) electrons. The second-order valence-corrected chi connectivity index (χ2v) is 11.7. The molecule has 0 amide bonds. The Hall–Kier alpha value is -1.93. The molecule has 2 atom stereocenters. The Kier molecular flexibility index (Phi) is 23.6. The van der Waals surface area contributed by atoms with E-state index in [0.29, 0.717) is 19.3 Å². The molecule has 0 aromatic heterocycles. The zero-order chi connectivity index (χ0) is 30.1. The number of rotatable bonds is 27. The number of ether oxygens (including phenoxy) is 3. The highest BCUT2D eigenvalue weighted by atomic mass is 16.6. The zero-order valence-corrected chi connectivity index (χ0v) is 26.3. The molecule has 0 heterocycles. The first kappa shape index (κ1) is 38.1. The number of esters is 2. The predicted molar refractivity (Wildman–Crippen MR) is 160 cm³/mol. The summed E-state index contributed by atoms with van der Waals surface area (Å²) in [6.07, 6.45) is 20.0. The smallest absolute Gasteiger partial charge is 0.362 e. The van der Waals surface area contributed by atoms with Crippen molar-refractivity contribution in [2.24, 2.45) is 0 Å². The number of unbranched alkanes of at least 4 members (excludes halogenated alkanes) is 11. The molecule has 0 fully saturated rings. The van der Waals surface area contributed by atoms with Crippen LogP contribution in [0.4, 0.5) is 0 Å². The monoisotopic (exact) mass is 570 g/mol. The predicted octanol–water partition coefficient (Wildman–Crippen LogP) is 6.85. The number of allylic oxidation sites excluding steroid dienone is 2. The number of hydrogen-bond donors (Lipinski definition) is 1. The van der Waals surface area contributed by atoms with Crippen LogP contribution in [0.25, 0.3) is 0 Å². The summed E-state index contributed by atoms with van der Waals surface area (Å²) in [5.41, 5.74) is 0. The van der Waals surface area contributed by atoms with Crippen LogP contribution < -0.4 is 0 Å². The molecule has 2 unspecified atom stereocenters.